The summed E-state index contributed by atoms with van der Waals surface area (Å²) in [4.78, 5) is 32.9. The molecule has 160 valence electrons. The van der Waals surface area contributed by atoms with E-state index in [0.717, 1.165) is 6.42 Å². The van der Waals surface area contributed by atoms with E-state index >= 15 is 0 Å². The third-order valence-electron chi connectivity index (χ3n) is 5.22. The van der Waals surface area contributed by atoms with Crippen LogP contribution in [0.5, 0.6) is 0 Å². The van der Waals surface area contributed by atoms with Gasteiger partial charge in [0.2, 0.25) is 0 Å². The van der Waals surface area contributed by atoms with Gasteiger partial charge in [-0.3, -0.25) is 14.2 Å². The lowest BCUT2D eigenvalue weighted by molar-refractivity contribution is -0.139. The highest BCUT2D eigenvalue weighted by molar-refractivity contribution is 7.80. The summed E-state index contributed by atoms with van der Waals surface area (Å²) >= 11 is 0. The summed E-state index contributed by atoms with van der Waals surface area (Å²) < 4.78 is 35.0. The van der Waals surface area contributed by atoms with E-state index in [-0.39, 0.29) is 25.2 Å². The van der Waals surface area contributed by atoms with Gasteiger partial charge in [-0.05, 0) is 19.3 Å². The number of hydrogen-bond donors (Lipinski definition) is 3. The van der Waals surface area contributed by atoms with Crippen molar-refractivity contribution in [2.45, 2.75) is 43.4 Å². The van der Waals surface area contributed by atoms with Crippen LogP contribution in [0.3, 0.4) is 0 Å². The van der Waals surface area contributed by atoms with Crippen LogP contribution in [0, 0.1) is 0 Å². The molecule has 1 aromatic heterocycles. The van der Waals surface area contributed by atoms with Crippen LogP contribution in [-0.4, -0.2) is 87.7 Å². The summed E-state index contributed by atoms with van der Waals surface area (Å²) in [6.45, 7) is 1.03. The molecule has 3 amide bonds. The average molecular weight is 431 g/mol. The Bertz CT molecular complexity index is 864. The van der Waals surface area contributed by atoms with E-state index in [1.165, 1.54) is 4.90 Å². The number of amides is 3. The Morgan fingerprint density at radius 3 is 2.79 bits per heavy atom. The zero-order valence-electron chi connectivity index (χ0n) is 15.2. The zero-order valence-corrected chi connectivity index (χ0v) is 16.1. The minimum Gasteiger partial charge on any atom is -0.309 e. The van der Waals surface area contributed by atoms with Crippen LogP contribution in [0.4, 0.5) is 4.79 Å². The van der Waals surface area contributed by atoms with Crippen molar-refractivity contribution in [1.29, 1.82) is 0 Å². The van der Waals surface area contributed by atoms with Crippen molar-refractivity contribution in [3.05, 3.63) is 12.4 Å². The van der Waals surface area contributed by atoms with E-state index in [1.54, 1.807) is 17.2 Å². The minimum atomic E-state index is -4.83. The standard InChI is InChI=1S/C14H21N7O7S/c22-13(18-27-8-9-5-11(6-15-9)21-16-3-4-17-21)12-2-1-10-7-19(12)14(23)20(10)28-29(24,25)26/h3-4,9-12,15H,1-2,5-8H2,(H,18,22)(H,24,25,26)/t9-,10+,11-,12-/m0/s1. The molecule has 0 spiro atoms. The third-order valence-corrected chi connectivity index (χ3v) is 5.57. The van der Waals surface area contributed by atoms with Gasteiger partial charge in [-0.1, -0.05) is 0 Å². The first-order valence-corrected chi connectivity index (χ1v) is 10.5. The van der Waals surface area contributed by atoms with Crippen molar-refractivity contribution in [3.63, 3.8) is 0 Å². The second-order valence-electron chi connectivity index (χ2n) is 7.13. The first-order chi connectivity index (χ1) is 13.8. The van der Waals surface area contributed by atoms with Crippen molar-refractivity contribution in [2.24, 2.45) is 0 Å². The van der Waals surface area contributed by atoms with Crippen LogP contribution in [0.2, 0.25) is 0 Å². The Kier molecular flexibility index (Phi) is 5.39. The van der Waals surface area contributed by atoms with Gasteiger partial charge in [0, 0.05) is 19.1 Å². The van der Waals surface area contributed by atoms with Crippen LogP contribution in [-0.2, 0) is 24.3 Å². The van der Waals surface area contributed by atoms with Crippen molar-refractivity contribution in [2.75, 3.05) is 19.7 Å². The van der Waals surface area contributed by atoms with E-state index < -0.39 is 34.4 Å². The molecule has 15 heteroatoms. The van der Waals surface area contributed by atoms with Gasteiger partial charge in [0.1, 0.15) is 6.04 Å². The normalized spacial score (nSPS) is 29.5. The Labute approximate surface area is 166 Å². The molecule has 1 aromatic rings. The predicted molar refractivity (Wildman–Crippen MR) is 92.9 cm³/mol. The number of rotatable bonds is 7. The number of nitrogens with zero attached hydrogens (tertiary/aromatic N) is 5. The summed E-state index contributed by atoms with van der Waals surface area (Å²) in [7, 11) is -4.83. The first kappa shape index (κ1) is 20.0. The van der Waals surface area contributed by atoms with Gasteiger partial charge >= 0.3 is 16.4 Å². The van der Waals surface area contributed by atoms with Crippen LogP contribution < -0.4 is 10.8 Å². The molecule has 2 bridgehead atoms. The van der Waals surface area contributed by atoms with Crippen LogP contribution in [0.1, 0.15) is 25.3 Å². The molecule has 0 unspecified atom stereocenters. The lowest BCUT2D eigenvalue weighted by Crippen LogP contribution is -2.50. The quantitative estimate of drug-likeness (QED) is 0.332. The number of piperidine rings is 1. The van der Waals surface area contributed by atoms with Gasteiger partial charge in [-0.2, -0.15) is 28.5 Å². The van der Waals surface area contributed by atoms with E-state index in [1.807, 2.05) is 0 Å². The minimum absolute atomic E-state index is 0.00843. The van der Waals surface area contributed by atoms with Gasteiger partial charge < -0.3 is 10.2 Å². The van der Waals surface area contributed by atoms with Crippen LogP contribution in [0.25, 0.3) is 0 Å². The summed E-state index contributed by atoms with van der Waals surface area (Å²) in [5.41, 5.74) is 2.36. The second kappa shape index (κ2) is 7.83. The van der Waals surface area contributed by atoms with E-state index in [4.69, 9.17) is 9.39 Å². The van der Waals surface area contributed by atoms with Gasteiger partial charge in [-0.15, -0.1) is 4.28 Å². The fourth-order valence-electron chi connectivity index (χ4n) is 3.90. The van der Waals surface area contributed by atoms with Crippen molar-refractivity contribution < 1.29 is 31.7 Å². The van der Waals surface area contributed by atoms with Crippen molar-refractivity contribution >= 4 is 22.3 Å². The Balaban J connectivity index is 1.25. The molecule has 3 aliphatic rings. The monoisotopic (exact) mass is 431 g/mol. The second-order valence-corrected chi connectivity index (χ2v) is 8.14. The molecule has 29 heavy (non-hydrogen) atoms. The number of fused-ring (bicyclic) bond motifs is 2. The predicted octanol–water partition coefficient (Wildman–Crippen LogP) is -1.77. The van der Waals surface area contributed by atoms with Crippen molar-refractivity contribution in [1.82, 2.24) is 35.8 Å². The summed E-state index contributed by atoms with van der Waals surface area (Å²) in [5, 5.41) is 12.1. The Morgan fingerprint density at radius 2 is 2.07 bits per heavy atom. The summed E-state index contributed by atoms with van der Waals surface area (Å²) in [5.74, 6) is -0.506. The lowest BCUT2D eigenvalue weighted by atomic mass is 10.0. The molecule has 0 saturated carbocycles. The molecule has 4 rings (SSSR count). The molecule has 3 saturated heterocycles. The highest BCUT2D eigenvalue weighted by Crippen LogP contribution is 2.30. The van der Waals surface area contributed by atoms with Gasteiger partial charge in [0.05, 0.1) is 31.1 Å². The molecule has 14 nitrogen and oxygen atoms in total. The third kappa shape index (κ3) is 4.32. The number of urea groups is 1. The highest BCUT2D eigenvalue weighted by atomic mass is 32.3. The fourth-order valence-corrected chi connectivity index (χ4v) is 4.29. The number of carbonyl (C=O) groups is 2. The molecular weight excluding hydrogens is 410 g/mol. The number of carbonyl (C=O) groups excluding carboxylic acids is 2. The summed E-state index contributed by atoms with van der Waals surface area (Å²) in [6.07, 6.45) is 4.62. The van der Waals surface area contributed by atoms with Gasteiger partial charge in [0.15, 0.2) is 0 Å². The molecule has 0 aromatic carbocycles. The zero-order chi connectivity index (χ0) is 20.6. The van der Waals surface area contributed by atoms with E-state index in [2.05, 4.69) is 25.3 Å². The number of hydrogen-bond acceptors (Lipinski definition) is 9. The largest absolute Gasteiger partial charge is 0.418 e. The number of hydroxylamine groups is 3. The van der Waals surface area contributed by atoms with Gasteiger partial charge in [-0.25, -0.2) is 10.3 Å². The van der Waals surface area contributed by atoms with Crippen LogP contribution >= 0.6 is 0 Å². The molecule has 0 radical (unpaired) electrons. The summed E-state index contributed by atoms with van der Waals surface area (Å²) in [6, 6.07) is -2.04. The maximum absolute atomic E-state index is 12.4. The molecule has 4 atom stereocenters. The Hall–Kier alpha value is -2.33. The van der Waals surface area contributed by atoms with Crippen LogP contribution in [0.15, 0.2) is 12.4 Å². The molecular formula is C14H21N7O7S. The lowest BCUT2D eigenvalue weighted by Gasteiger charge is -2.29. The molecule has 0 aliphatic carbocycles. The molecule has 3 aliphatic heterocycles. The fraction of sp³-hybridized carbons (Fsp3) is 0.714. The highest BCUT2D eigenvalue weighted by Gasteiger charge is 2.49. The van der Waals surface area contributed by atoms with E-state index in [9.17, 15) is 18.0 Å². The SMILES string of the molecule is O=C(NOC[C@@H]1C[C@H](n2nccn2)CN1)[C@@H]1CC[C@@H]2CN1C(=O)N2OS(=O)(=O)O. The van der Waals surface area contributed by atoms with Gasteiger partial charge in [0.25, 0.3) is 5.91 Å². The maximum Gasteiger partial charge on any atom is 0.418 e. The Morgan fingerprint density at radius 1 is 1.31 bits per heavy atom. The number of aromatic nitrogens is 3. The first-order valence-electron chi connectivity index (χ1n) is 9.09. The topological polar surface area (TPSA) is 168 Å². The molecule has 4 heterocycles. The molecule has 3 N–H and O–H groups in total. The molecule has 3 fully saturated rings. The van der Waals surface area contributed by atoms with E-state index in [0.29, 0.717) is 24.4 Å². The average Bonchev–Trinajstić information content (AvgIpc) is 3.39. The maximum atomic E-state index is 12.4. The number of nitrogens with one attached hydrogen (secondary N) is 2. The van der Waals surface area contributed by atoms with Crippen molar-refractivity contribution in [3.8, 4) is 0 Å². The smallest absolute Gasteiger partial charge is 0.309 e.